The van der Waals surface area contributed by atoms with Crippen molar-refractivity contribution >= 4 is 17.0 Å². The van der Waals surface area contributed by atoms with Crippen LogP contribution in [0.5, 0.6) is 0 Å². The summed E-state index contributed by atoms with van der Waals surface area (Å²) in [6.45, 7) is 5.71. The van der Waals surface area contributed by atoms with Gasteiger partial charge in [-0.1, -0.05) is 23.4 Å². The summed E-state index contributed by atoms with van der Waals surface area (Å²) in [5, 5.41) is 5.08. The third kappa shape index (κ3) is 4.17. The third-order valence-corrected chi connectivity index (χ3v) is 3.61. The van der Waals surface area contributed by atoms with Gasteiger partial charge < -0.3 is 19.1 Å². The second-order valence-electron chi connectivity index (χ2n) is 6.98. The molecule has 25 heavy (non-hydrogen) atoms. The molecule has 7 nitrogen and oxygen atoms in total. The Morgan fingerprint density at radius 3 is 2.84 bits per heavy atom. The summed E-state index contributed by atoms with van der Waals surface area (Å²) in [6, 6.07) is 8.05. The molecule has 2 aromatic heterocycles. The summed E-state index contributed by atoms with van der Waals surface area (Å²) >= 11 is 0. The smallest absolute Gasteiger partial charge is 0.410 e. The van der Waals surface area contributed by atoms with Crippen LogP contribution in [0.3, 0.4) is 0 Å². The number of carbonyl (C=O) groups is 1. The maximum atomic E-state index is 12.0. The number of para-hydroxylation sites is 1. The maximum absolute atomic E-state index is 12.0. The van der Waals surface area contributed by atoms with Gasteiger partial charge in [0, 0.05) is 24.1 Å². The molecule has 0 saturated carbocycles. The van der Waals surface area contributed by atoms with Crippen molar-refractivity contribution in [2.75, 3.05) is 7.05 Å². The van der Waals surface area contributed by atoms with Crippen molar-refractivity contribution in [2.45, 2.75) is 39.3 Å². The van der Waals surface area contributed by atoms with Gasteiger partial charge in [0.25, 0.3) is 0 Å². The third-order valence-electron chi connectivity index (χ3n) is 3.61. The van der Waals surface area contributed by atoms with E-state index < -0.39 is 11.7 Å². The average Bonchev–Trinajstić information content (AvgIpc) is 3.14. The molecule has 0 aliphatic carbocycles. The first kappa shape index (κ1) is 17.0. The van der Waals surface area contributed by atoms with Crippen LogP contribution in [0.2, 0.25) is 0 Å². The number of ether oxygens (including phenoxy) is 1. The van der Waals surface area contributed by atoms with Crippen LogP contribution >= 0.6 is 0 Å². The largest absolute Gasteiger partial charge is 0.444 e. The highest BCUT2D eigenvalue weighted by Crippen LogP contribution is 2.20. The molecule has 0 fully saturated rings. The molecule has 1 amide bonds. The van der Waals surface area contributed by atoms with Crippen LogP contribution in [0.4, 0.5) is 4.79 Å². The van der Waals surface area contributed by atoms with E-state index in [-0.39, 0.29) is 6.54 Å². The molecule has 0 unspecified atom stereocenters. The van der Waals surface area contributed by atoms with Crippen molar-refractivity contribution in [2.24, 2.45) is 0 Å². The van der Waals surface area contributed by atoms with Gasteiger partial charge in [-0.15, -0.1) is 0 Å². The van der Waals surface area contributed by atoms with Crippen molar-refractivity contribution in [1.82, 2.24) is 20.0 Å². The van der Waals surface area contributed by atoms with Crippen molar-refractivity contribution in [3.63, 3.8) is 0 Å². The second-order valence-corrected chi connectivity index (χ2v) is 6.98. The molecule has 1 aromatic carbocycles. The van der Waals surface area contributed by atoms with E-state index in [2.05, 4.69) is 21.2 Å². The summed E-state index contributed by atoms with van der Waals surface area (Å²) in [4.78, 5) is 21.0. The van der Waals surface area contributed by atoms with Gasteiger partial charge in [0.05, 0.1) is 13.0 Å². The molecule has 0 aliphatic rings. The Morgan fingerprint density at radius 1 is 1.32 bits per heavy atom. The van der Waals surface area contributed by atoms with Crippen LogP contribution in [0.1, 0.15) is 38.0 Å². The first-order valence-electron chi connectivity index (χ1n) is 8.12. The van der Waals surface area contributed by atoms with Gasteiger partial charge in [-0.05, 0) is 32.4 Å². The lowest BCUT2D eigenvalue weighted by Gasteiger charge is -2.23. The fourth-order valence-corrected chi connectivity index (χ4v) is 2.48. The molecule has 0 radical (unpaired) electrons. The highest BCUT2D eigenvalue weighted by atomic mass is 16.6. The number of H-pyrrole nitrogens is 1. The zero-order chi connectivity index (χ0) is 18.0. The highest BCUT2D eigenvalue weighted by molar-refractivity contribution is 5.83. The number of benzene rings is 1. The van der Waals surface area contributed by atoms with Gasteiger partial charge in [0.15, 0.2) is 5.82 Å². The molecule has 0 spiro atoms. The van der Waals surface area contributed by atoms with E-state index in [9.17, 15) is 4.79 Å². The summed E-state index contributed by atoms with van der Waals surface area (Å²) in [5.74, 6) is 0.959. The molecular formula is C18H22N4O3. The molecular weight excluding hydrogens is 320 g/mol. The normalized spacial score (nSPS) is 11.7. The average molecular weight is 342 g/mol. The molecule has 0 bridgehead atoms. The number of aromatic amines is 1. The van der Waals surface area contributed by atoms with Crippen LogP contribution in [0.15, 0.2) is 35.0 Å². The standard InChI is InChI=1S/C18H22N4O3/c1-18(2,3)24-17(23)22(4)11-15-20-16(25-21-15)9-12-10-19-14-8-6-5-7-13(12)14/h5-8,10,19H,9,11H2,1-4H3. The number of carbonyl (C=O) groups excluding carboxylic acids is 1. The Morgan fingerprint density at radius 2 is 2.08 bits per heavy atom. The molecule has 0 saturated heterocycles. The lowest BCUT2D eigenvalue weighted by molar-refractivity contribution is 0.0280. The van der Waals surface area contributed by atoms with Gasteiger partial charge in [-0.25, -0.2) is 4.79 Å². The Balaban J connectivity index is 1.65. The molecule has 0 aliphatic heterocycles. The van der Waals surface area contributed by atoms with Gasteiger partial charge in [-0.3, -0.25) is 0 Å². The van der Waals surface area contributed by atoms with E-state index in [1.165, 1.54) is 4.90 Å². The Labute approximate surface area is 146 Å². The number of hydrogen-bond donors (Lipinski definition) is 1. The Kier molecular flexibility index (Phi) is 4.48. The minimum Gasteiger partial charge on any atom is -0.444 e. The van der Waals surface area contributed by atoms with Crippen LogP contribution < -0.4 is 0 Å². The summed E-state index contributed by atoms with van der Waals surface area (Å²) in [5.41, 5.74) is 1.62. The lowest BCUT2D eigenvalue weighted by atomic mass is 10.1. The minimum absolute atomic E-state index is 0.228. The van der Waals surface area contributed by atoms with E-state index in [0.717, 1.165) is 16.5 Å². The van der Waals surface area contributed by atoms with Crippen LogP contribution in [0, 0.1) is 0 Å². The second kappa shape index (κ2) is 6.58. The Hall–Kier alpha value is -2.83. The fraction of sp³-hybridized carbons (Fsp3) is 0.389. The van der Waals surface area contributed by atoms with Crippen LogP contribution in [-0.2, 0) is 17.7 Å². The fourth-order valence-electron chi connectivity index (χ4n) is 2.48. The van der Waals surface area contributed by atoms with E-state index >= 15 is 0 Å². The lowest BCUT2D eigenvalue weighted by Crippen LogP contribution is -2.34. The molecule has 3 rings (SSSR count). The number of amides is 1. The summed E-state index contributed by atoms with van der Waals surface area (Å²) in [7, 11) is 1.64. The van der Waals surface area contributed by atoms with Crippen molar-refractivity contribution in [3.05, 3.63) is 47.7 Å². The number of nitrogens with zero attached hydrogens (tertiary/aromatic N) is 3. The maximum Gasteiger partial charge on any atom is 0.410 e. The molecule has 2 heterocycles. The SMILES string of the molecule is CN(Cc1noc(Cc2c[nH]c3ccccc23)n1)C(=O)OC(C)(C)C. The van der Waals surface area contributed by atoms with E-state index in [1.807, 2.05) is 45.2 Å². The number of fused-ring (bicyclic) bond motifs is 1. The van der Waals surface area contributed by atoms with Crippen LogP contribution in [-0.4, -0.2) is 38.8 Å². The van der Waals surface area contributed by atoms with Crippen LogP contribution in [0.25, 0.3) is 10.9 Å². The van der Waals surface area contributed by atoms with E-state index in [4.69, 9.17) is 9.26 Å². The number of hydrogen-bond acceptors (Lipinski definition) is 5. The summed E-state index contributed by atoms with van der Waals surface area (Å²) in [6.07, 6.45) is 2.06. The quantitative estimate of drug-likeness (QED) is 0.784. The van der Waals surface area contributed by atoms with Crippen molar-refractivity contribution in [3.8, 4) is 0 Å². The molecule has 3 aromatic rings. The predicted molar refractivity (Wildman–Crippen MR) is 93.1 cm³/mol. The molecule has 7 heteroatoms. The van der Waals surface area contributed by atoms with Gasteiger partial charge in [-0.2, -0.15) is 4.98 Å². The topological polar surface area (TPSA) is 84.3 Å². The number of aromatic nitrogens is 3. The first-order valence-corrected chi connectivity index (χ1v) is 8.12. The number of nitrogens with one attached hydrogen (secondary N) is 1. The summed E-state index contributed by atoms with van der Waals surface area (Å²) < 4.78 is 10.6. The zero-order valence-electron chi connectivity index (χ0n) is 14.9. The Bertz CT molecular complexity index is 876. The minimum atomic E-state index is -0.539. The van der Waals surface area contributed by atoms with Gasteiger partial charge >= 0.3 is 6.09 Å². The molecule has 1 N–H and O–H groups in total. The number of rotatable bonds is 4. The highest BCUT2D eigenvalue weighted by Gasteiger charge is 2.21. The van der Waals surface area contributed by atoms with E-state index in [1.54, 1.807) is 7.05 Å². The van der Waals surface area contributed by atoms with E-state index in [0.29, 0.717) is 18.1 Å². The monoisotopic (exact) mass is 342 g/mol. The van der Waals surface area contributed by atoms with Crippen molar-refractivity contribution in [1.29, 1.82) is 0 Å². The van der Waals surface area contributed by atoms with Crippen molar-refractivity contribution < 1.29 is 14.1 Å². The molecule has 0 atom stereocenters. The first-order chi connectivity index (χ1) is 11.8. The zero-order valence-corrected chi connectivity index (χ0v) is 14.9. The molecule has 132 valence electrons. The van der Waals surface area contributed by atoms with Gasteiger partial charge in [0.2, 0.25) is 5.89 Å². The predicted octanol–water partition coefficient (Wildman–Crippen LogP) is 3.51. The van der Waals surface area contributed by atoms with Gasteiger partial charge in [0.1, 0.15) is 5.60 Å².